The second-order valence-corrected chi connectivity index (χ2v) is 12.8. The van der Waals surface area contributed by atoms with Gasteiger partial charge in [-0.05, 0) is 98.4 Å². The highest BCUT2D eigenvalue weighted by molar-refractivity contribution is 5.67. The van der Waals surface area contributed by atoms with Gasteiger partial charge in [-0.15, -0.1) is 0 Å². The molecule has 0 saturated heterocycles. The molecule has 252 valence electrons. The highest BCUT2D eigenvalue weighted by atomic mass is 16.6. The summed E-state index contributed by atoms with van der Waals surface area (Å²) in [5.41, 5.74) is 6.80. The van der Waals surface area contributed by atoms with Crippen LogP contribution >= 0.6 is 0 Å². The van der Waals surface area contributed by atoms with Gasteiger partial charge in [-0.25, -0.2) is 0 Å². The number of benzene rings is 4. The summed E-state index contributed by atoms with van der Waals surface area (Å²) < 4.78 is 43.5. The van der Waals surface area contributed by atoms with Gasteiger partial charge in [0, 0.05) is 36.3 Å². The van der Waals surface area contributed by atoms with Crippen molar-refractivity contribution in [3.8, 4) is 51.7 Å². The van der Waals surface area contributed by atoms with Crippen molar-refractivity contribution in [1.82, 2.24) is 9.80 Å². The molecule has 0 radical (unpaired) electrons. The van der Waals surface area contributed by atoms with E-state index in [2.05, 4.69) is 60.3 Å². The standard InChI is InChI=1S/C39H44N2O7/c1-40-17-15-27-28-22-34(44-5)37(45-6)36(27)48-39-35-25(21-33(43-4)38(39)46-7)14-16-41(2)30(35)19-24-10-13-31(42-3)32(20-24)47-26-11-8-23(9-12-26)18-29(28)40/h8-13,20-22,29-30H,14-19H2,1-7H3/t29-,30-/m0/s1. The Labute approximate surface area is 282 Å². The lowest BCUT2D eigenvalue weighted by Crippen LogP contribution is -2.34. The Balaban J connectivity index is 1.51. The third-order valence-electron chi connectivity index (χ3n) is 10.2. The molecular weight excluding hydrogens is 608 g/mol. The first-order chi connectivity index (χ1) is 23.4. The van der Waals surface area contributed by atoms with Gasteiger partial charge in [-0.3, -0.25) is 9.80 Å². The molecule has 4 aliphatic rings. The van der Waals surface area contributed by atoms with E-state index >= 15 is 0 Å². The summed E-state index contributed by atoms with van der Waals surface area (Å²) in [5, 5.41) is 0. The smallest absolute Gasteiger partial charge is 0.204 e. The minimum absolute atomic E-state index is 0.0331. The summed E-state index contributed by atoms with van der Waals surface area (Å²) in [4.78, 5) is 4.78. The number of rotatable bonds is 5. The van der Waals surface area contributed by atoms with Crippen LogP contribution < -0.4 is 33.2 Å². The van der Waals surface area contributed by atoms with Crippen molar-refractivity contribution in [1.29, 1.82) is 0 Å². The normalized spacial score (nSPS) is 18.8. The first-order valence-corrected chi connectivity index (χ1v) is 16.4. The van der Waals surface area contributed by atoms with Gasteiger partial charge in [0.15, 0.2) is 34.5 Å². The van der Waals surface area contributed by atoms with Crippen LogP contribution in [0.15, 0.2) is 54.6 Å². The monoisotopic (exact) mass is 652 g/mol. The molecule has 0 saturated carbocycles. The van der Waals surface area contributed by atoms with Crippen LogP contribution in [0.5, 0.6) is 51.7 Å². The third kappa shape index (κ3) is 5.54. The molecule has 8 rings (SSSR count). The second-order valence-electron chi connectivity index (χ2n) is 12.8. The van der Waals surface area contributed by atoms with Crippen molar-refractivity contribution < 1.29 is 33.2 Å². The first-order valence-electron chi connectivity index (χ1n) is 16.4. The van der Waals surface area contributed by atoms with Crippen molar-refractivity contribution in [2.45, 2.75) is 37.8 Å². The Kier molecular flexibility index (Phi) is 8.74. The van der Waals surface area contributed by atoms with Gasteiger partial charge in [-0.1, -0.05) is 18.2 Å². The van der Waals surface area contributed by atoms with Crippen molar-refractivity contribution in [3.05, 3.63) is 88.0 Å². The summed E-state index contributed by atoms with van der Waals surface area (Å²) >= 11 is 0. The van der Waals surface area contributed by atoms with Crippen molar-refractivity contribution in [3.63, 3.8) is 0 Å². The predicted molar refractivity (Wildman–Crippen MR) is 184 cm³/mol. The van der Waals surface area contributed by atoms with Crippen molar-refractivity contribution >= 4 is 0 Å². The maximum Gasteiger partial charge on any atom is 0.204 e. The molecule has 2 atom stereocenters. The molecule has 8 bridgehead atoms. The molecule has 4 aromatic rings. The average molecular weight is 653 g/mol. The van der Waals surface area contributed by atoms with Crippen molar-refractivity contribution in [2.24, 2.45) is 0 Å². The summed E-state index contributed by atoms with van der Waals surface area (Å²) in [6.45, 7) is 1.74. The summed E-state index contributed by atoms with van der Waals surface area (Å²) in [6, 6.07) is 18.8. The lowest BCUT2D eigenvalue weighted by Gasteiger charge is -2.38. The molecule has 0 aliphatic carbocycles. The molecule has 0 fully saturated rings. The number of ether oxygens (including phenoxy) is 7. The molecule has 0 unspecified atom stereocenters. The quantitative estimate of drug-likeness (QED) is 0.223. The zero-order valence-corrected chi connectivity index (χ0v) is 28.8. The van der Waals surface area contributed by atoms with Crippen LogP contribution in [0.3, 0.4) is 0 Å². The van der Waals surface area contributed by atoms with E-state index in [0.29, 0.717) is 52.4 Å². The highest BCUT2D eigenvalue weighted by Gasteiger charge is 2.36. The van der Waals surface area contributed by atoms with E-state index in [4.69, 9.17) is 33.2 Å². The van der Waals surface area contributed by atoms with Crippen LogP contribution in [0.2, 0.25) is 0 Å². The van der Waals surface area contributed by atoms with Crippen LogP contribution in [0, 0.1) is 0 Å². The topological polar surface area (TPSA) is 71.1 Å². The molecular formula is C39H44N2O7. The number of fused-ring (bicyclic) bond motifs is 2. The van der Waals surface area contributed by atoms with Crippen LogP contribution in [-0.4, -0.2) is 72.5 Å². The third-order valence-corrected chi connectivity index (χ3v) is 10.2. The molecule has 9 heteroatoms. The highest BCUT2D eigenvalue weighted by Crippen LogP contribution is 2.54. The first kappa shape index (κ1) is 32.0. The summed E-state index contributed by atoms with van der Waals surface area (Å²) in [5.74, 6) is 5.77. The molecule has 0 spiro atoms. The molecule has 48 heavy (non-hydrogen) atoms. The molecule has 0 aromatic heterocycles. The van der Waals surface area contributed by atoms with Gasteiger partial charge in [0.1, 0.15) is 5.75 Å². The number of methoxy groups -OCH3 is 5. The van der Waals surface area contributed by atoms with Gasteiger partial charge < -0.3 is 33.2 Å². The average Bonchev–Trinajstić information content (AvgIpc) is 3.10. The Morgan fingerprint density at radius 2 is 1.23 bits per heavy atom. The summed E-state index contributed by atoms with van der Waals surface area (Å²) in [7, 11) is 12.7. The van der Waals surface area contributed by atoms with Crippen LogP contribution in [0.4, 0.5) is 0 Å². The minimum Gasteiger partial charge on any atom is -0.493 e. The number of hydrogen-bond acceptors (Lipinski definition) is 9. The van der Waals surface area contributed by atoms with E-state index < -0.39 is 0 Å². The van der Waals surface area contributed by atoms with E-state index in [1.807, 2.05) is 18.2 Å². The maximum atomic E-state index is 7.22. The molecule has 9 nitrogen and oxygen atoms in total. The maximum absolute atomic E-state index is 7.22. The molecule has 4 aromatic carbocycles. The molecule has 0 N–H and O–H groups in total. The Hall–Kier alpha value is -4.60. The molecule has 4 aliphatic heterocycles. The Morgan fingerprint density at radius 3 is 1.94 bits per heavy atom. The predicted octanol–water partition coefficient (Wildman–Crippen LogP) is 7.17. The van der Waals surface area contributed by atoms with E-state index in [-0.39, 0.29) is 12.1 Å². The fourth-order valence-electron chi connectivity index (χ4n) is 7.56. The fourth-order valence-corrected chi connectivity index (χ4v) is 7.56. The van der Waals surface area contributed by atoms with E-state index in [9.17, 15) is 0 Å². The van der Waals surface area contributed by atoms with Gasteiger partial charge in [0.05, 0.1) is 35.5 Å². The lowest BCUT2D eigenvalue weighted by atomic mass is 9.86. The van der Waals surface area contributed by atoms with Crippen LogP contribution in [-0.2, 0) is 25.7 Å². The zero-order chi connectivity index (χ0) is 33.5. The van der Waals surface area contributed by atoms with E-state index in [1.165, 1.54) is 5.56 Å². The zero-order valence-electron chi connectivity index (χ0n) is 28.8. The Bertz CT molecular complexity index is 1820. The fraction of sp³-hybridized carbons (Fsp3) is 0.385. The van der Waals surface area contributed by atoms with Gasteiger partial charge in [-0.2, -0.15) is 0 Å². The van der Waals surface area contributed by atoms with Crippen LogP contribution in [0.1, 0.15) is 45.5 Å². The lowest BCUT2D eigenvalue weighted by molar-refractivity contribution is 0.217. The summed E-state index contributed by atoms with van der Waals surface area (Å²) in [6.07, 6.45) is 3.13. The number of likely N-dealkylation sites (N-methyl/N-ethyl adjacent to an activating group) is 2. The molecule has 0 amide bonds. The molecule has 4 heterocycles. The van der Waals surface area contributed by atoms with E-state index in [1.54, 1.807) is 35.5 Å². The SMILES string of the molecule is COc1ccc2cc1Oc1ccc(cc1)C[C@H]1c3cc(OC)c(OC)c(c3CCN1C)Oc1c(OC)c(OC)cc3c1[C@H](C2)N(C)CC3. The van der Waals surface area contributed by atoms with Gasteiger partial charge >= 0.3 is 0 Å². The Morgan fingerprint density at radius 1 is 0.604 bits per heavy atom. The van der Waals surface area contributed by atoms with Crippen molar-refractivity contribution in [2.75, 3.05) is 62.7 Å². The van der Waals surface area contributed by atoms with Crippen LogP contribution in [0.25, 0.3) is 0 Å². The number of nitrogens with zero attached hydrogens (tertiary/aromatic N) is 2. The van der Waals surface area contributed by atoms with Gasteiger partial charge in [0.25, 0.3) is 0 Å². The second kappa shape index (κ2) is 13.1. The largest absolute Gasteiger partial charge is 0.493 e. The minimum atomic E-state index is -0.0331. The van der Waals surface area contributed by atoms with E-state index in [0.717, 1.165) is 65.9 Å². The number of hydrogen-bond donors (Lipinski definition) is 0. The van der Waals surface area contributed by atoms with Gasteiger partial charge in [0.2, 0.25) is 11.5 Å².